The van der Waals surface area contributed by atoms with Gasteiger partial charge in [-0.05, 0) is 30.3 Å². The van der Waals surface area contributed by atoms with E-state index in [0.717, 1.165) is 4.70 Å². The minimum atomic E-state index is -3.71. The van der Waals surface area contributed by atoms with Crippen molar-refractivity contribution in [3.63, 3.8) is 0 Å². The number of aromatic nitrogens is 3. The Morgan fingerprint density at radius 1 is 1.04 bits per heavy atom. The van der Waals surface area contributed by atoms with E-state index in [1.165, 1.54) is 42.1 Å². The molecule has 0 atom stereocenters. The van der Waals surface area contributed by atoms with Gasteiger partial charge in [-0.2, -0.15) is 0 Å². The first-order valence-corrected chi connectivity index (χ1v) is 10.4. The van der Waals surface area contributed by atoms with Crippen LogP contribution >= 0.6 is 11.3 Å². The molecule has 0 spiro atoms. The summed E-state index contributed by atoms with van der Waals surface area (Å²) in [4.78, 5) is 24.4. The molecule has 4 aromatic rings. The number of thiazole rings is 1. The molecule has 0 radical (unpaired) electrons. The average Bonchev–Trinajstić information content (AvgIpc) is 3.10. The van der Waals surface area contributed by atoms with Gasteiger partial charge in [0.1, 0.15) is 5.69 Å². The number of nitrogens with one attached hydrogen (secondary N) is 2. The summed E-state index contributed by atoms with van der Waals surface area (Å²) in [6.07, 6.45) is 4.29. The molecular formula is C18H13N5O3S2. The summed E-state index contributed by atoms with van der Waals surface area (Å²) in [5.41, 5.74) is 1.36. The SMILES string of the molecule is O=C(Nc1ccc2nc(NS(=O)(=O)c3ccccc3)sc2c1)c1cnccn1. The van der Waals surface area contributed by atoms with Gasteiger partial charge in [0.05, 0.1) is 21.3 Å². The number of anilines is 2. The lowest BCUT2D eigenvalue weighted by Gasteiger charge is -2.03. The number of fused-ring (bicyclic) bond motifs is 1. The first-order valence-electron chi connectivity index (χ1n) is 8.07. The van der Waals surface area contributed by atoms with Crippen molar-refractivity contribution in [1.29, 1.82) is 0 Å². The Bertz CT molecular complexity index is 1240. The monoisotopic (exact) mass is 411 g/mol. The number of carbonyl (C=O) groups is 1. The average molecular weight is 411 g/mol. The van der Waals surface area contributed by atoms with Gasteiger partial charge in [-0.3, -0.25) is 14.5 Å². The zero-order chi connectivity index (χ0) is 19.6. The van der Waals surface area contributed by atoms with Crippen LogP contribution in [0.5, 0.6) is 0 Å². The van der Waals surface area contributed by atoms with Crippen molar-refractivity contribution in [2.24, 2.45) is 0 Å². The van der Waals surface area contributed by atoms with Crippen LogP contribution in [0.3, 0.4) is 0 Å². The molecule has 0 fully saturated rings. The topological polar surface area (TPSA) is 114 Å². The van der Waals surface area contributed by atoms with Gasteiger partial charge in [-0.15, -0.1) is 0 Å². The molecule has 0 aliphatic rings. The third kappa shape index (κ3) is 3.82. The van der Waals surface area contributed by atoms with Crippen LogP contribution in [-0.4, -0.2) is 29.3 Å². The van der Waals surface area contributed by atoms with Crippen LogP contribution in [0.4, 0.5) is 10.8 Å². The Morgan fingerprint density at radius 3 is 2.61 bits per heavy atom. The first kappa shape index (κ1) is 18.0. The Morgan fingerprint density at radius 2 is 1.86 bits per heavy atom. The normalized spacial score (nSPS) is 11.3. The zero-order valence-corrected chi connectivity index (χ0v) is 15.9. The molecule has 0 aliphatic heterocycles. The fourth-order valence-electron chi connectivity index (χ4n) is 2.43. The Hall–Kier alpha value is -3.37. The van der Waals surface area contributed by atoms with Crippen LogP contribution < -0.4 is 10.0 Å². The molecular weight excluding hydrogens is 398 g/mol. The number of hydrogen-bond donors (Lipinski definition) is 2. The van der Waals surface area contributed by atoms with E-state index < -0.39 is 10.0 Å². The molecule has 0 aliphatic carbocycles. The number of hydrogen-bond acceptors (Lipinski definition) is 7. The fraction of sp³-hybridized carbons (Fsp3) is 0. The number of rotatable bonds is 5. The molecule has 8 nitrogen and oxygen atoms in total. The minimum Gasteiger partial charge on any atom is -0.321 e. The van der Waals surface area contributed by atoms with Crippen LogP contribution in [0.15, 0.2) is 72.0 Å². The van der Waals surface area contributed by atoms with Gasteiger partial charge >= 0.3 is 0 Å². The van der Waals surface area contributed by atoms with Crippen molar-refractivity contribution in [2.45, 2.75) is 4.90 Å². The van der Waals surface area contributed by atoms with Gasteiger partial charge in [0.15, 0.2) is 5.13 Å². The smallest absolute Gasteiger partial charge is 0.275 e. The molecule has 140 valence electrons. The van der Waals surface area contributed by atoms with Crippen LogP contribution in [0.2, 0.25) is 0 Å². The quantitative estimate of drug-likeness (QED) is 0.521. The molecule has 28 heavy (non-hydrogen) atoms. The first-order chi connectivity index (χ1) is 13.5. The van der Waals surface area contributed by atoms with Gasteiger partial charge in [0.2, 0.25) is 0 Å². The number of nitrogens with zero attached hydrogens (tertiary/aromatic N) is 3. The summed E-state index contributed by atoms with van der Waals surface area (Å²) in [6.45, 7) is 0. The van der Waals surface area contributed by atoms with Gasteiger partial charge < -0.3 is 5.32 Å². The molecule has 10 heteroatoms. The van der Waals surface area contributed by atoms with Crippen molar-refractivity contribution in [2.75, 3.05) is 10.0 Å². The summed E-state index contributed by atoms with van der Waals surface area (Å²) in [6, 6.07) is 13.2. The number of sulfonamides is 1. The maximum absolute atomic E-state index is 12.4. The van der Waals surface area contributed by atoms with Crippen LogP contribution in [0.1, 0.15) is 10.5 Å². The molecule has 2 heterocycles. The van der Waals surface area contributed by atoms with Crippen molar-refractivity contribution < 1.29 is 13.2 Å². The van der Waals surface area contributed by atoms with E-state index >= 15 is 0 Å². The molecule has 0 saturated carbocycles. The summed E-state index contributed by atoms with van der Waals surface area (Å²) in [7, 11) is -3.71. The van der Waals surface area contributed by atoms with E-state index in [0.29, 0.717) is 11.2 Å². The molecule has 0 bridgehead atoms. The summed E-state index contributed by atoms with van der Waals surface area (Å²) < 4.78 is 28.1. The van der Waals surface area contributed by atoms with Crippen molar-refractivity contribution in [3.05, 3.63) is 72.8 Å². The van der Waals surface area contributed by atoms with E-state index in [-0.39, 0.29) is 21.6 Å². The van der Waals surface area contributed by atoms with Crippen molar-refractivity contribution in [3.8, 4) is 0 Å². The highest BCUT2D eigenvalue weighted by molar-refractivity contribution is 7.93. The fourth-order valence-corrected chi connectivity index (χ4v) is 4.59. The third-order valence-electron chi connectivity index (χ3n) is 3.72. The summed E-state index contributed by atoms with van der Waals surface area (Å²) in [5.74, 6) is -0.387. The number of amides is 1. The van der Waals surface area contributed by atoms with Gasteiger partial charge in [0, 0.05) is 18.1 Å². The maximum Gasteiger partial charge on any atom is 0.275 e. The predicted octanol–water partition coefficient (Wildman–Crippen LogP) is 3.14. The Balaban J connectivity index is 1.56. The van der Waals surface area contributed by atoms with E-state index in [4.69, 9.17) is 0 Å². The van der Waals surface area contributed by atoms with Crippen LogP contribution in [0, 0.1) is 0 Å². The lowest BCUT2D eigenvalue weighted by atomic mass is 10.3. The molecule has 0 unspecified atom stereocenters. The molecule has 2 aromatic carbocycles. The highest BCUT2D eigenvalue weighted by Crippen LogP contribution is 2.30. The molecule has 1 amide bonds. The molecule has 0 saturated heterocycles. The van der Waals surface area contributed by atoms with E-state index in [1.807, 2.05) is 0 Å². The highest BCUT2D eigenvalue weighted by atomic mass is 32.2. The number of benzene rings is 2. The molecule has 2 N–H and O–H groups in total. The van der Waals surface area contributed by atoms with E-state index in [2.05, 4.69) is 25.0 Å². The lowest BCUT2D eigenvalue weighted by molar-refractivity contribution is 0.102. The highest BCUT2D eigenvalue weighted by Gasteiger charge is 2.16. The van der Waals surface area contributed by atoms with E-state index in [1.54, 1.807) is 36.4 Å². The summed E-state index contributed by atoms with van der Waals surface area (Å²) >= 11 is 1.18. The second kappa shape index (κ2) is 7.33. The standard InChI is InChI=1S/C18H13N5O3S2/c24-17(15-11-19-8-9-20-15)21-12-6-7-14-16(10-12)27-18(22-14)23-28(25,26)13-4-2-1-3-5-13/h1-11H,(H,21,24)(H,22,23). The van der Waals surface area contributed by atoms with Crippen molar-refractivity contribution in [1.82, 2.24) is 15.0 Å². The predicted molar refractivity (Wildman–Crippen MR) is 107 cm³/mol. The second-order valence-corrected chi connectivity index (χ2v) is 8.38. The zero-order valence-electron chi connectivity index (χ0n) is 14.2. The third-order valence-corrected chi connectivity index (χ3v) is 6.13. The minimum absolute atomic E-state index is 0.158. The molecule has 2 aromatic heterocycles. The molecule has 4 rings (SSSR count). The van der Waals surface area contributed by atoms with Gasteiger partial charge in [-0.25, -0.2) is 18.4 Å². The maximum atomic E-state index is 12.4. The second-order valence-electron chi connectivity index (χ2n) is 5.66. The Kier molecular flexibility index (Phi) is 4.72. The Labute approximate surface area is 164 Å². The number of carbonyl (C=O) groups excluding carboxylic acids is 1. The van der Waals surface area contributed by atoms with Crippen molar-refractivity contribution >= 4 is 48.3 Å². The van der Waals surface area contributed by atoms with Gasteiger partial charge in [-0.1, -0.05) is 29.5 Å². The van der Waals surface area contributed by atoms with E-state index in [9.17, 15) is 13.2 Å². The van der Waals surface area contributed by atoms with Crippen LogP contribution in [0.25, 0.3) is 10.2 Å². The van der Waals surface area contributed by atoms with Gasteiger partial charge in [0.25, 0.3) is 15.9 Å². The van der Waals surface area contributed by atoms with Crippen LogP contribution in [-0.2, 0) is 10.0 Å². The largest absolute Gasteiger partial charge is 0.321 e. The summed E-state index contributed by atoms with van der Waals surface area (Å²) in [5, 5.41) is 2.98. The lowest BCUT2D eigenvalue weighted by Crippen LogP contribution is -2.13.